The first-order valence-corrected chi connectivity index (χ1v) is 6.20. The maximum Gasteiger partial charge on any atom is 0.261 e. The van der Waals surface area contributed by atoms with E-state index in [-0.39, 0.29) is 11.7 Å². The molecule has 1 aromatic heterocycles. The first-order chi connectivity index (χ1) is 9.04. The van der Waals surface area contributed by atoms with Crippen molar-refractivity contribution in [1.82, 2.24) is 0 Å². The van der Waals surface area contributed by atoms with Crippen LogP contribution in [-0.4, -0.2) is 17.6 Å². The molecule has 0 aliphatic heterocycles. The van der Waals surface area contributed by atoms with E-state index in [0.29, 0.717) is 23.6 Å². The molecule has 2 rings (SSSR count). The highest BCUT2D eigenvalue weighted by Crippen LogP contribution is 2.26. The molecular weight excluding hydrogens is 242 g/mol. The molecule has 100 valence electrons. The zero-order chi connectivity index (χ0) is 14.0. The summed E-state index contributed by atoms with van der Waals surface area (Å²) in [6.07, 6.45) is 1.51. The number of hydrogen-bond donors (Lipinski definition) is 1. The number of carbonyl (C=O) groups excluding carboxylic acids is 1. The minimum atomic E-state index is -0.123. The molecule has 0 spiro atoms. The standard InChI is InChI=1S/C15H17NO3/c1-4-16(14-9-12(17)6-5-10(14)2)15(18)13-7-8-19-11(13)3/h5-9,17H,4H2,1-3H3. The van der Waals surface area contributed by atoms with Gasteiger partial charge in [-0.1, -0.05) is 6.07 Å². The zero-order valence-corrected chi connectivity index (χ0v) is 11.3. The van der Waals surface area contributed by atoms with Crippen molar-refractivity contribution < 1.29 is 14.3 Å². The summed E-state index contributed by atoms with van der Waals surface area (Å²) in [6, 6.07) is 6.67. The van der Waals surface area contributed by atoms with Crippen LogP contribution >= 0.6 is 0 Å². The molecule has 0 fully saturated rings. The number of hydrogen-bond acceptors (Lipinski definition) is 3. The van der Waals surface area contributed by atoms with Crippen LogP contribution in [0.3, 0.4) is 0 Å². The third-order valence-electron chi connectivity index (χ3n) is 3.13. The van der Waals surface area contributed by atoms with Crippen molar-refractivity contribution >= 4 is 11.6 Å². The van der Waals surface area contributed by atoms with E-state index >= 15 is 0 Å². The van der Waals surface area contributed by atoms with Gasteiger partial charge in [0, 0.05) is 12.6 Å². The van der Waals surface area contributed by atoms with Gasteiger partial charge < -0.3 is 14.4 Å². The Bertz CT molecular complexity index is 601. The van der Waals surface area contributed by atoms with E-state index in [0.717, 1.165) is 5.56 Å². The fourth-order valence-electron chi connectivity index (χ4n) is 2.06. The number of benzene rings is 1. The van der Waals surface area contributed by atoms with E-state index in [1.807, 2.05) is 13.8 Å². The molecule has 0 saturated carbocycles. The van der Waals surface area contributed by atoms with Gasteiger partial charge in [0.2, 0.25) is 0 Å². The monoisotopic (exact) mass is 259 g/mol. The molecule has 1 heterocycles. The Morgan fingerprint density at radius 2 is 2.05 bits per heavy atom. The minimum absolute atomic E-state index is 0.123. The number of aromatic hydroxyl groups is 1. The summed E-state index contributed by atoms with van der Waals surface area (Å²) in [7, 11) is 0. The summed E-state index contributed by atoms with van der Waals surface area (Å²) in [4.78, 5) is 14.1. The maximum atomic E-state index is 12.5. The third kappa shape index (κ3) is 2.47. The van der Waals surface area contributed by atoms with Crippen LogP contribution in [0.5, 0.6) is 5.75 Å². The maximum absolute atomic E-state index is 12.5. The molecule has 0 aliphatic carbocycles. The molecule has 1 aromatic carbocycles. The summed E-state index contributed by atoms with van der Waals surface area (Å²) >= 11 is 0. The van der Waals surface area contributed by atoms with Gasteiger partial charge in [-0.3, -0.25) is 4.79 Å². The molecule has 0 unspecified atom stereocenters. The van der Waals surface area contributed by atoms with E-state index < -0.39 is 0 Å². The molecule has 0 radical (unpaired) electrons. The molecule has 0 bridgehead atoms. The first kappa shape index (κ1) is 13.2. The molecule has 4 heteroatoms. The summed E-state index contributed by atoms with van der Waals surface area (Å²) in [5.41, 5.74) is 2.20. The first-order valence-electron chi connectivity index (χ1n) is 6.20. The second-order valence-corrected chi connectivity index (χ2v) is 4.41. The molecule has 1 N–H and O–H groups in total. The van der Waals surface area contributed by atoms with E-state index in [1.165, 1.54) is 6.26 Å². The van der Waals surface area contributed by atoms with Gasteiger partial charge in [0.25, 0.3) is 5.91 Å². The van der Waals surface area contributed by atoms with Crippen LogP contribution in [0, 0.1) is 13.8 Å². The number of phenolic OH excluding ortho intramolecular Hbond substituents is 1. The van der Waals surface area contributed by atoms with Crippen molar-refractivity contribution in [3.8, 4) is 5.75 Å². The SMILES string of the molecule is CCN(C(=O)c1ccoc1C)c1cc(O)ccc1C. The second kappa shape index (κ2) is 5.18. The average molecular weight is 259 g/mol. The van der Waals surface area contributed by atoms with Crippen LogP contribution in [0.25, 0.3) is 0 Å². The summed E-state index contributed by atoms with van der Waals surface area (Å²) in [6.45, 7) is 6.09. The van der Waals surface area contributed by atoms with Gasteiger partial charge in [-0.25, -0.2) is 0 Å². The van der Waals surface area contributed by atoms with Gasteiger partial charge in [-0.15, -0.1) is 0 Å². The highest BCUT2D eigenvalue weighted by atomic mass is 16.3. The van der Waals surface area contributed by atoms with E-state index in [2.05, 4.69) is 0 Å². The predicted molar refractivity (Wildman–Crippen MR) is 73.6 cm³/mol. The predicted octanol–water partition coefficient (Wildman–Crippen LogP) is 3.27. The lowest BCUT2D eigenvalue weighted by Crippen LogP contribution is -2.31. The second-order valence-electron chi connectivity index (χ2n) is 4.41. The van der Waals surface area contributed by atoms with Crippen LogP contribution < -0.4 is 4.90 Å². The average Bonchev–Trinajstić information content (AvgIpc) is 2.80. The minimum Gasteiger partial charge on any atom is -0.508 e. The quantitative estimate of drug-likeness (QED) is 0.920. The van der Waals surface area contributed by atoms with Crippen LogP contribution in [0.1, 0.15) is 28.6 Å². The molecule has 4 nitrogen and oxygen atoms in total. The lowest BCUT2D eigenvalue weighted by atomic mass is 10.1. The Kier molecular flexibility index (Phi) is 3.60. The zero-order valence-electron chi connectivity index (χ0n) is 11.3. The van der Waals surface area contributed by atoms with Crippen molar-refractivity contribution in [3.05, 3.63) is 47.4 Å². The molecule has 0 atom stereocenters. The number of aryl methyl sites for hydroxylation is 2. The third-order valence-corrected chi connectivity index (χ3v) is 3.13. The van der Waals surface area contributed by atoms with Gasteiger partial charge in [-0.2, -0.15) is 0 Å². The normalized spacial score (nSPS) is 10.5. The van der Waals surface area contributed by atoms with Crippen LogP contribution in [0.2, 0.25) is 0 Å². The van der Waals surface area contributed by atoms with Gasteiger partial charge >= 0.3 is 0 Å². The van der Waals surface area contributed by atoms with Crippen molar-refractivity contribution in [2.75, 3.05) is 11.4 Å². The van der Waals surface area contributed by atoms with Crippen molar-refractivity contribution in [1.29, 1.82) is 0 Å². The Morgan fingerprint density at radius 3 is 2.63 bits per heavy atom. The Hall–Kier alpha value is -2.23. The van der Waals surface area contributed by atoms with Crippen LogP contribution in [0.4, 0.5) is 5.69 Å². The number of carbonyl (C=O) groups is 1. The molecule has 19 heavy (non-hydrogen) atoms. The van der Waals surface area contributed by atoms with Crippen LogP contribution in [0.15, 0.2) is 34.9 Å². The fourth-order valence-corrected chi connectivity index (χ4v) is 2.06. The van der Waals surface area contributed by atoms with E-state index in [4.69, 9.17) is 4.42 Å². The van der Waals surface area contributed by atoms with Gasteiger partial charge in [-0.05, 0) is 38.5 Å². The number of amides is 1. The van der Waals surface area contributed by atoms with Gasteiger partial charge in [0.1, 0.15) is 11.5 Å². The Labute approximate surface area is 112 Å². The number of rotatable bonds is 3. The molecule has 0 aliphatic rings. The summed E-state index contributed by atoms with van der Waals surface area (Å²) < 4.78 is 5.17. The molecule has 1 amide bonds. The molecular formula is C15H17NO3. The lowest BCUT2D eigenvalue weighted by Gasteiger charge is -2.22. The van der Waals surface area contributed by atoms with Gasteiger partial charge in [0.15, 0.2) is 0 Å². The molecule has 0 saturated heterocycles. The highest BCUT2D eigenvalue weighted by molar-refractivity contribution is 6.07. The smallest absolute Gasteiger partial charge is 0.261 e. The van der Waals surface area contributed by atoms with E-state index in [9.17, 15) is 9.90 Å². The van der Waals surface area contributed by atoms with Crippen LogP contribution in [-0.2, 0) is 0 Å². The van der Waals surface area contributed by atoms with Crippen molar-refractivity contribution in [3.63, 3.8) is 0 Å². The number of phenols is 1. The lowest BCUT2D eigenvalue weighted by molar-refractivity contribution is 0.0986. The molecule has 2 aromatic rings. The van der Waals surface area contributed by atoms with Gasteiger partial charge in [0.05, 0.1) is 17.5 Å². The number of anilines is 1. The Morgan fingerprint density at radius 1 is 1.32 bits per heavy atom. The number of furan rings is 1. The fraction of sp³-hybridized carbons (Fsp3) is 0.267. The van der Waals surface area contributed by atoms with Crippen molar-refractivity contribution in [2.24, 2.45) is 0 Å². The largest absolute Gasteiger partial charge is 0.508 e. The Balaban J connectivity index is 2.43. The highest BCUT2D eigenvalue weighted by Gasteiger charge is 2.21. The van der Waals surface area contributed by atoms with Crippen molar-refractivity contribution in [2.45, 2.75) is 20.8 Å². The number of nitrogens with zero attached hydrogens (tertiary/aromatic N) is 1. The van der Waals surface area contributed by atoms with E-state index in [1.54, 1.807) is 36.1 Å². The summed E-state index contributed by atoms with van der Waals surface area (Å²) in [5.74, 6) is 0.625. The summed E-state index contributed by atoms with van der Waals surface area (Å²) in [5, 5.41) is 9.59. The topological polar surface area (TPSA) is 53.7 Å².